The average molecular weight is 455 g/mol. The maximum Gasteiger partial charge on any atom is 0.242 e. The SMILES string of the molecule is CC(C)CN(CC(=O)N1CCc2sccc2C1c1ccc(C(C)(C)C)cc1)C(=O)C(C)C. The maximum atomic E-state index is 13.6. The number of carbonyl (C=O) groups is 2. The molecule has 1 aliphatic rings. The minimum absolute atomic E-state index is 0.0291. The summed E-state index contributed by atoms with van der Waals surface area (Å²) in [6.07, 6.45) is 0.873. The summed E-state index contributed by atoms with van der Waals surface area (Å²) in [5.74, 6) is 0.274. The van der Waals surface area contributed by atoms with Crippen molar-refractivity contribution < 1.29 is 9.59 Å². The number of amides is 2. The Morgan fingerprint density at radius 3 is 2.31 bits per heavy atom. The summed E-state index contributed by atoms with van der Waals surface area (Å²) in [6, 6.07) is 10.8. The highest BCUT2D eigenvalue weighted by atomic mass is 32.1. The van der Waals surface area contributed by atoms with Crippen LogP contribution in [-0.2, 0) is 21.4 Å². The van der Waals surface area contributed by atoms with Crippen LogP contribution in [0.4, 0.5) is 0 Å². The van der Waals surface area contributed by atoms with Gasteiger partial charge in [0, 0.05) is 23.9 Å². The van der Waals surface area contributed by atoms with Gasteiger partial charge in [0.1, 0.15) is 0 Å². The average Bonchev–Trinajstić information content (AvgIpc) is 3.19. The lowest BCUT2D eigenvalue weighted by molar-refractivity contribution is -0.143. The van der Waals surface area contributed by atoms with Crippen LogP contribution < -0.4 is 0 Å². The largest absolute Gasteiger partial charge is 0.333 e. The lowest BCUT2D eigenvalue weighted by atomic mass is 9.85. The molecule has 0 fully saturated rings. The van der Waals surface area contributed by atoms with E-state index in [9.17, 15) is 9.59 Å². The van der Waals surface area contributed by atoms with Crippen molar-refractivity contribution in [2.45, 2.75) is 66.3 Å². The van der Waals surface area contributed by atoms with Crippen molar-refractivity contribution >= 4 is 23.2 Å². The summed E-state index contributed by atoms with van der Waals surface area (Å²) in [5, 5.41) is 2.13. The van der Waals surface area contributed by atoms with E-state index in [0.717, 1.165) is 12.0 Å². The molecule has 174 valence electrons. The monoisotopic (exact) mass is 454 g/mol. The molecule has 2 amide bonds. The van der Waals surface area contributed by atoms with Crippen LogP contribution in [0.1, 0.15) is 76.1 Å². The van der Waals surface area contributed by atoms with Gasteiger partial charge in [-0.3, -0.25) is 9.59 Å². The van der Waals surface area contributed by atoms with Crippen molar-refractivity contribution in [2.24, 2.45) is 11.8 Å². The van der Waals surface area contributed by atoms with Crippen LogP contribution in [0.15, 0.2) is 35.7 Å². The molecular formula is C27H38N2O2S. The highest BCUT2D eigenvalue weighted by Crippen LogP contribution is 2.38. The zero-order valence-corrected chi connectivity index (χ0v) is 21.5. The van der Waals surface area contributed by atoms with Crippen molar-refractivity contribution in [1.82, 2.24) is 9.80 Å². The summed E-state index contributed by atoms with van der Waals surface area (Å²) in [4.78, 5) is 31.5. The first-order valence-corrected chi connectivity index (χ1v) is 12.6. The lowest BCUT2D eigenvalue weighted by Crippen LogP contribution is -2.48. The number of hydrogen-bond acceptors (Lipinski definition) is 3. The van der Waals surface area contributed by atoms with Crippen molar-refractivity contribution in [2.75, 3.05) is 19.6 Å². The van der Waals surface area contributed by atoms with Crippen molar-refractivity contribution in [1.29, 1.82) is 0 Å². The quantitative estimate of drug-likeness (QED) is 0.565. The van der Waals surface area contributed by atoms with Gasteiger partial charge in [0.25, 0.3) is 0 Å². The minimum Gasteiger partial charge on any atom is -0.333 e. The third kappa shape index (κ3) is 5.43. The van der Waals surface area contributed by atoms with E-state index in [2.05, 4.69) is 70.3 Å². The second-order valence-corrected chi connectivity index (χ2v) is 11.7. The van der Waals surface area contributed by atoms with Crippen molar-refractivity contribution in [3.05, 3.63) is 57.3 Å². The van der Waals surface area contributed by atoms with Gasteiger partial charge in [-0.05, 0) is 45.9 Å². The molecule has 4 nitrogen and oxygen atoms in total. The molecule has 1 aromatic heterocycles. The molecular weight excluding hydrogens is 416 g/mol. The molecule has 3 rings (SSSR count). The number of fused-ring (bicyclic) bond motifs is 1. The van der Waals surface area contributed by atoms with E-state index in [0.29, 0.717) is 19.0 Å². The Morgan fingerprint density at radius 2 is 1.75 bits per heavy atom. The number of nitrogens with zero attached hydrogens (tertiary/aromatic N) is 2. The fourth-order valence-corrected chi connectivity index (χ4v) is 5.31. The van der Waals surface area contributed by atoms with E-state index < -0.39 is 0 Å². The number of hydrogen-bond donors (Lipinski definition) is 0. The van der Waals surface area contributed by atoms with Gasteiger partial charge >= 0.3 is 0 Å². The second-order valence-electron chi connectivity index (χ2n) is 10.7. The third-order valence-corrected chi connectivity index (χ3v) is 7.09. The van der Waals surface area contributed by atoms with Crippen molar-refractivity contribution in [3.63, 3.8) is 0 Å². The second kappa shape index (κ2) is 9.78. The van der Waals surface area contributed by atoms with Gasteiger partial charge in [0.15, 0.2) is 0 Å². The van der Waals surface area contributed by atoms with E-state index >= 15 is 0 Å². The van der Waals surface area contributed by atoms with Crippen LogP contribution in [0.5, 0.6) is 0 Å². The van der Waals surface area contributed by atoms with Crippen LogP contribution in [0, 0.1) is 11.8 Å². The fourth-order valence-electron chi connectivity index (χ4n) is 4.40. The van der Waals surface area contributed by atoms with Crippen LogP contribution >= 0.6 is 11.3 Å². The van der Waals surface area contributed by atoms with E-state index in [1.807, 2.05) is 18.7 Å². The smallest absolute Gasteiger partial charge is 0.242 e. The van der Waals surface area contributed by atoms with Gasteiger partial charge in [-0.2, -0.15) is 0 Å². The van der Waals surface area contributed by atoms with E-state index in [4.69, 9.17) is 0 Å². The number of thiophene rings is 1. The topological polar surface area (TPSA) is 40.6 Å². The van der Waals surface area contributed by atoms with Crippen LogP contribution in [0.2, 0.25) is 0 Å². The number of carbonyl (C=O) groups excluding carboxylic acids is 2. The molecule has 0 bridgehead atoms. The highest BCUT2D eigenvalue weighted by molar-refractivity contribution is 7.10. The Morgan fingerprint density at radius 1 is 1.09 bits per heavy atom. The normalized spacial score (nSPS) is 16.4. The summed E-state index contributed by atoms with van der Waals surface area (Å²) in [7, 11) is 0. The molecule has 5 heteroatoms. The zero-order chi connectivity index (χ0) is 23.6. The third-order valence-electron chi connectivity index (χ3n) is 6.10. The Hall–Kier alpha value is -2.14. The Labute approximate surface area is 197 Å². The summed E-state index contributed by atoms with van der Waals surface area (Å²) < 4.78 is 0. The molecule has 0 aliphatic carbocycles. The summed E-state index contributed by atoms with van der Waals surface area (Å²) >= 11 is 1.77. The molecule has 32 heavy (non-hydrogen) atoms. The van der Waals surface area contributed by atoms with Crippen molar-refractivity contribution in [3.8, 4) is 0 Å². The van der Waals surface area contributed by atoms with Gasteiger partial charge in [-0.1, -0.05) is 72.7 Å². The first-order valence-electron chi connectivity index (χ1n) is 11.7. The first kappa shape index (κ1) is 24.5. The van der Waals surface area contributed by atoms with Gasteiger partial charge in [-0.25, -0.2) is 0 Å². The number of benzene rings is 1. The first-order chi connectivity index (χ1) is 15.0. The molecule has 1 atom stereocenters. The van der Waals surface area contributed by atoms with E-state index in [1.54, 1.807) is 16.2 Å². The Bertz CT molecular complexity index is 937. The van der Waals surface area contributed by atoms with Crippen LogP contribution in [-0.4, -0.2) is 41.2 Å². The summed E-state index contributed by atoms with van der Waals surface area (Å²) in [6.45, 7) is 16.0. The molecule has 2 aromatic rings. The lowest BCUT2D eigenvalue weighted by Gasteiger charge is -2.38. The Balaban J connectivity index is 1.91. The van der Waals surface area contributed by atoms with Gasteiger partial charge in [0.05, 0.1) is 12.6 Å². The molecule has 2 heterocycles. The molecule has 0 saturated carbocycles. The fraction of sp³-hybridized carbons (Fsp3) is 0.556. The molecule has 1 aromatic carbocycles. The molecule has 0 radical (unpaired) electrons. The van der Waals surface area contributed by atoms with Crippen LogP contribution in [0.3, 0.4) is 0 Å². The van der Waals surface area contributed by atoms with Gasteiger partial charge in [-0.15, -0.1) is 11.3 Å². The molecule has 1 unspecified atom stereocenters. The maximum absolute atomic E-state index is 13.6. The minimum atomic E-state index is -0.118. The zero-order valence-electron chi connectivity index (χ0n) is 20.6. The number of rotatable bonds is 6. The standard InChI is InChI=1S/C27H38N2O2S/c1-18(2)16-28(26(31)19(3)4)17-24(30)29-14-12-23-22(13-15-32-23)25(29)20-8-10-21(11-9-20)27(5,6)7/h8-11,13,15,18-19,25H,12,14,16-17H2,1-7H3. The van der Waals surface area contributed by atoms with Gasteiger partial charge in [0.2, 0.25) is 11.8 Å². The predicted octanol–water partition coefficient (Wildman–Crippen LogP) is 5.66. The molecule has 0 saturated heterocycles. The van der Waals surface area contributed by atoms with Gasteiger partial charge < -0.3 is 9.80 Å². The predicted molar refractivity (Wildman–Crippen MR) is 133 cm³/mol. The van der Waals surface area contributed by atoms with E-state index in [1.165, 1.54) is 16.0 Å². The van der Waals surface area contributed by atoms with Crippen LogP contribution in [0.25, 0.3) is 0 Å². The molecule has 0 N–H and O–H groups in total. The summed E-state index contributed by atoms with van der Waals surface area (Å²) in [5.41, 5.74) is 3.73. The molecule has 1 aliphatic heterocycles. The molecule has 0 spiro atoms. The Kier molecular flexibility index (Phi) is 7.49. The highest BCUT2D eigenvalue weighted by Gasteiger charge is 2.34. The van der Waals surface area contributed by atoms with E-state index in [-0.39, 0.29) is 35.7 Å².